The molecule has 0 amide bonds. The summed E-state index contributed by atoms with van der Waals surface area (Å²) in [5, 5.41) is 0. The first-order valence-corrected chi connectivity index (χ1v) is 7.76. The molecule has 2 aliphatic rings. The molecule has 0 aromatic carbocycles. The Hall–Kier alpha value is 0.250. The van der Waals surface area contributed by atoms with Gasteiger partial charge in [0.15, 0.2) is 10.1 Å². The average Bonchev–Trinajstić information content (AvgIpc) is 2.70. The third kappa shape index (κ3) is 2.51. The van der Waals surface area contributed by atoms with Crippen molar-refractivity contribution in [2.45, 2.75) is 62.6 Å². The number of ketones is 1. The lowest BCUT2D eigenvalue weighted by Crippen LogP contribution is -2.55. The molecule has 3 unspecified atom stereocenters. The molecule has 2 rings (SSSR count). The second kappa shape index (κ2) is 5.48. The fourth-order valence-electron chi connectivity index (χ4n) is 3.53. The van der Waals surface area contributed by atoms with Gasteiger partial charge in [-0.2, -0.15) is 0 Å². The lowest BCUT2D eigenvalue weighted by Gasteiger charge is -2.43. The Morgan fingerprint density at radius 1 is 1.18 bits per heavy atom. The Balaban J connectivity index is 1.72. The van der Waals surface area contributed by atoms with Crippen molar-refractivity contribution >= 4 is 29.0 Å². The van der Waals surface area contributed by atoms with Crippen LogP contribution in [0.5, 0.6) is 0 Å². The predicted octanol–water partition coefficient (Wildman–Crippen LogP) is 4.75. The minimum Gasteiger partial charge on any atom is -0.296 e. The first-order chi connectivity index (χ1) is 8.09. The van der Waals surface area contributed by atoms with Gasteiger partial charge in [-0.05, 0) is 25.2 Å². The normalized spacial score (nSPS) is 34.5. The number of rotatable bonds is 6. The molecule has 0 spiro atoms. The predicted molar refractivity (Wildman–Crippen MR) is 72.5 cm³/mol. The zero-order chi connectivity index (χ0) is 12.5. The van der Waals surface area contributed by atoms with Crippen LogP contribution in [0.3, 0.4) is 0 Å². The average molecular weight is 277 g/mol. The minimum atomic E-state index is -1.04. The molecule has 0 radical (unpaired) electrons. The van der Waals surface area contributed by atoms with Crippen molar-refractivity contribution < 1.29 is 4.79 Å². The molecule has 0 bridgehead atoms. The summed E-state index contributed by atoms with van der Waals surface area (Å²) in [4.78, 5) is 11.8. The number of hydrogen-bond acceptors (Lipinski definition) is 1. The Labute approximate surface area is 114 Å². The van der Waals surface area contributed by atoms with Crippen LogP contribution >= 0.6 is 23.2 Å². The monoisotopic (exact) mass is 276 g/mol. The van der Waals surface area contributed by atoms with Gasteiger partial charge in [-0.15, -0.1) is 0 Å². The van der Waals surface area contributed by atoms with Crippen LogP contribution in [0.25, 0.3) is 0 Å². The fraction of sp³-hybridized carbons (Fsp3) is 0.929. The van der Waals surface area contributed by atoms with Gasteiger partial charge < -0.3 is 0 Å². The van der Waals surface area contributed by atoms with E-state index in [1.807, 2.05) is 0 Å². The Bertz CT molecular complexity index is 288. The zero-order valence-corrected chi connectivity index (χ0v) is 12.1. The van der Waals surface area contributed by atoms with E-state index in [0.717, 1.165) is 12.8 Å². The van der Waals surface area contributed by atoms with Crippen LogP contribution in [-0.2, 0) is 4.79 Å². The number of Topliss-reactive ketones (excluding diaryl/α,β-unsaturated/α-hetero) is 1. The van der Waals surface area contributed by atoms with Gasteiger partial charge in [0.25, 0.3) is 0 Å². The Kier molecular flexibility index (Phi) is 4.41. The summed E-state index contributed by atoms with van der Waals surface area (Å²) < 4.78 is -1.04. The van der Waals surface area contributed by atoms with Gasteiger partial charge in [0.05, 0.1) is 0 Å². The number of fused-ring (bicyclic) bond motifs is 1. The lowest BCUT2D eigenvalue weighted by molar-refractivity contribution is -0.135. The van der Waals surface area contributed by atoms with Crippen LogP contribution in [0.4, 0.5) is 0 Å². The van der Waals surface area contributed by atoms with Crippen LogP contribution in [0.1, 0.15) is 58.3 Å². The number of carbonyl (C=O) groups excluding carboxylic acids is 1. The van der Waals surface area contributed by atoms with E-state index in [1.54, 1.807) is 0 Å². The quantitative estimate of drug-likeness (QED) is 0.506. The van der Waals surface area contributed by atoms with Crippen LogP contribution < -0.4 is 0 Å². The topological polar surface area (TPSA) is 17.1 Å². The summed E-state index contributed by atoms with van der Waals surface area (Å²) in [6, 6.07) is 0. The highest BCUT2D eigenvalue weighted by atomic mass is 35.5. The standard InChI is InChI=1S/C14H22Cl2O/c1-2-3-4-5-6-7-10-8-9-11-12(10)13(17)14(11,15)16/h10-12H,2-9H2,1H3. The molecular formula is C14H22Cl2O. The second-order valence-electron chi connectivity index (χ2n) is 5.66. The number of hydrogen-bond donors (Lipinski definition) is 0. The number of carbonyl (C=O) groups is 1. The van der Waals surface area contributed by atoms with Gasteiger partial charge >= 0.3 is 0 Å². The molecule has 0 aromatic heterocycles. The molecule has 2 fully saturated rings. The molecule has 2 aliphatic carbocycles. The minimum absolute atomic E-state index is 0.0990. The van der Waals surface area contributed by atoms with Crippen molar-refractivity contribution in [1.82, 2.24) is 0 Å². The second-order valence-corrected chi connectivity index (χ2v) is 7.05. The van der Waals surface area contributed by atoms with Gasteiger partial charge in [-0.25, -0.2) is 0 Å². The van der Waals surface area contributed by atoms with Crippen molar-refractivity contribution in [2.75, 3.05) is 0 Å². The van der Waals surface area contributed by atoms with Crippen LogP contribution in [0, 0.1) is 17.8 Å². The lowest BCUT2D eigenvalue weighted by atomic mass is 9.69. The number of alkyl halides is 2. The molecule has 0 aromatic rings. The largest absolute Gasteiger partial charge is 0.296 e. The number of unbranched alkanes of at least 4 members (excludes halogenated alkanes) is 4. The smallest absolute Gasteiger partial charge is 0.179 e. The highest BCUT2D eigenvalue weighted by Gasteiger charge is 2.64. The van der Waals surface area contributed by atoms with Gasteiger partial charge in [-0.3, -0.25) is 4.79 Å². The summed E-state index contributed by atoms with van der Waals surface area (Å²) in [6.07, 6.45) is 9.91. The van der Waals surface area contributed by atoms with Gasteiger partial charge in [0.1, 0.15) is 0 Å². The summed E-state index contributed by atoms with van der Waals surface area (Å²) in [6.45, 7) is 2.23. The third-order valence-electron chi connectivity index (χ3n) is 4.57. The number of halogens is 2. The third-order valence-corrected chi connectivity index (χ3v) is 5.50. The van der Waals surface area contributed by atoms with Crippen molar-refractivity contribution in [3.63, 3.8) is 0 Å². The molecular weight excluding hydrogens is 255 g/mol. The van der Waals surface area contributed by atoms with Crippen LogP contribution in [0.2, 0.25) is 0 Å². The molecule has 3 atom stereocenters. The Morgan fingerprint density at radius 3 is 2.59 bits per heavy atom. The van der Waals surface area contributed by atoms with E-state index in [2.05, 4.69) is 6.92 Å². The van der Waals surface area contributed by atoms with E-state index >= 15 is 0 Å². The van der Waals surface area contributed by atoms with E-state index in [4.69, 9.17) is 23.2 Å². The summed E-state index contributed by atoms with van der Waals surface area (Å²) in [5.41, 5.74) is 0. The molecule has 2 saturated carbocycles. The molecule has 0 saturated heterocycles. The molecule has 1 nitrogen and oxygen atoms in total. The van der Waals surface area contributed by atoms with Crippen LogP contribution in [-0.4, -0.2) is 10.1 Å². The molecule has 0 aliphatic heterocycles. The Morgan fingerprint density at radius 2 is 1.88 bits per heavy atom. The highest BCUT2D eigenvalue weighted by molar-refractivity contribution is 6.60. The van der Waals surface area contributed by atoms with E-state index in [-0.39, 0.29) is 17.6 Å². The summed E-state index contributed by atoms with van der Waals surface area (Å²) >= 11 is 12.1. The van der Waals surface area contributed by atoms with E-state index in [0.29, 0.717) is 5.92 Å². The summed E-state index contributed by atoms with van der Waals surface area (Å²) in [7, 11) is 0. The maximum atomic E-state index is 11.8. The van der Waals surface area contributed by atoms with E-state index in [1.165, 1.54) is 38.5 Å². The summed E-state index contributed by atoms with van der Waals surface area (Å²) in [5.74, 6) is 1.11. The molecule has 17 heavy (non-hydrogen) atoms. The molecule has 0 N–H and O–H groups in total. The van der Waals surface area contributed by atoms with Crippen LogP contribution in [0.15, 0.2) is 0 Å². The van der Waals surface area contributed by atoms with Gasteiger partial charge in [0.2, 0.25) is 0 Å². The fourth-order valence-corrected chi connectivity index (χ4v) is 4.27. The maximum absolute atomic E-state index is 11.8. The molecule has 3 heteroatoms. The van der Waals surface area contributed by atoms with E-state index in [9.17, 15) is 4.79 Å². The molecule has 0 heterocycles. The van der Waals surface area contributed by atoms with Crippen molar-refractivity contribution in [2.24, 2.45) is 17.8 Å². The van der Waals surface area contributed by atoms with Crippen molar-refractivity contribution in [3.8, 4) is 0 Å². The van der Waals surface area contributed by atoms with Gasteiger partial charge in [0, 0.05) is 11.8 Å². The first kappa shape index (κ1) is 13.7. The zero-order valence-electron chi connectivity index (χ0n) is 10.6. The molecule has 98 valence electrons. The first-order valence-electron chi connectivity index (χ1n) is 7.01. The van der Waals surface area contributed by atoms with Crippen molar-refractivity contribution in [1.29, 1.82) is 0 Å². The van der Waals surface area contributed by atoms with Gasteiger partial charge in [-0.1, -0.05) is 62.2 Å². The maximum Gasteiger partial charge on any atom is 0.179 e. The highest BCUT2D eigenvalue weighted by Crippen LogP contribution is 2.59. The van der Waals surface area contributed by atoms with Crippen molar-refractivity contribution in [3.05, 3.63) is 0 Å². The SMILES string of the molecule is CCCCCCCC1CCC2C1C(=O)C2(Cl)Cl. The van der Waals surface area contributed by atoms with E-state index < -0.39 is 4.33 Å².